The number of carboxylic acids is 1. The lowest BCUT2D eigenvalue weighted by atomic mass is 10.1. The number of hydrogen-bond acceptors (Lipinski definition) is 5. The van der Waals surface area contributed by atoms with Gasteiger partial charge in [-0.2, -0.15) is 0 Å². The van der Waals surface area contributed by atoms with Gasteiger partial charge in [0.1, 0.15) is 0 Å². The smallest absolute Gasteiger partial charge is 0.356 e. The van der Waals surface area contributed by atoms with Gasteiger partial charge < -0.3 is 15.7 Å². The summed E-state index contributed by atoms with van der Waals surface area (Å²) in [5, 5.41) is 14.8. The highest BCUT2D eigenvalue weighted by Gasteiger charge is 2.22. The van der Waals surface area contributed by atoms with E-state index in [1.165, 1.54) is 30.6 Å². The van der Waals surface area contributed by atoms with Gasteiger partial charge in [-0.3, -0.25) is 9.59 Å². The summed E-state index contributed by atoms with van der Waals surface area (Å²) >= 11 is 6.12. The Morgan fingerprint density at radius 1 is 1.04 bits per heavy atom. The van der Waals surface area contributed by atoms with Gasteiger partial charge in [0.25, 0.3) is 11.8 Å². The van der Waals surface area contributed by atoms with Crippen LogP contribution in [-0.2, 0) is 0 Å². The van der Waals surface area contributed by atoms with Gasteiger partial charge in [0, 0.05) is 24.1 Å². The first kappa shape index (κ1) is 18.8. The summed E-state index contributed by atoms with van der Waals surface area (Å²) in [6.45, 7) is 0. The van der Waals surface area contributed by atoms with Gasteiger partial charge in [0.2, 0.25) is 0 Å². The number of aromatic nitrogens is 2. The number of carboxylic acid groups (broad SMARTS) is 1. The molecule has 2 aromatic rings. The van der Waals surface area contributed by atoms with Crippen molar-refractivity contribution in [2.45, 2.75) is 31.7 Å². The molecule has 2 amide bonds. The summed E-state index contributed by atoms with van der Waals surface area (Å²) in [4.78, 5) is 43.4. The predicted octanol–water partition coefficient (Wildman–Crippen LogP) is 2.75. The molecule has 1 saturated carbocycles. The van der Waals surface area contributed by atoms with Crippen molar-refractivity contribution in [1.82, 2.24) is 15.3 Å². The third-order valence-electron chi connectivity index (χ3n) is 4.28. The summed E-state index contributed by atoms with van der Waals surface area (Å²) in [5.74, 6) is -2.42. The van der Waals surface area contributed by atoms with E-state index in [0.29, 0.717) is 5.69 Å². The second-order valence-electron chi connectivity index (χ2n) is 6.16. The molecule has 0 radical (unpaired) electrons. The zero-order valence-corrected chi connectivity index (χ0v) is 15.0. The van der Waals surface area contributed by atoms with Crippen LogP contribution in [0.15, 0.2) is 30.6 Å². The number of aromatic carboxylic acids is 1. The van der Waals surface area contributed by atoms with Crippen molar-refractivity contribution in [3.63, 3.8) is 0 Å². The summed E-state index contributed by atoms with van der Waals surface area (Å²) in [6.07, 6.45) is 6.45. The van der Waals surface area contributed by atoms with E-state index >= 15 is 0 Å². The number of benzene rings is 1. The molecular weight excluding hydrogens is 372 g/mol. The predicted molar refractivity (Wildman–Crippen MR) is 98.1 cm³/mol. The number of halogens is 1. The number of nitrogens with one attached hydrogen (secondary N) is 2. The van der Waals surface area contributed by atoms with Crippen LogP contribution in [0, 0.1) is 0 Å². The Balaban J connectivity index is 1.79. The van der Waals surface area contributed by atoms with Crippen LogP contribution < -0.4 is 10.6 Å². The van der Waals surface area contributed by atoms with E-state index < -0.39 is 17.6 Å². The molecule has 1 fully saturated rings. The van der Waals surface area contributed by atoms with Crippen molar-refractivity contribution >= 4 is 35.1 Å². The first-order valence-corrected chi connectivity index (χ1v) is 8.79. The lowest BCUT2D eigenvalue weighted by Crippen LogP contribution is -2.32. The van der Waals surface area contributed by atoms with Crippen LogP contribution in [0.2, 0.25) is 5.02 Å². The Hall–Kier alpha value is -3.00. The van der Waals surface area contributed by atoms with Crippen LogP contribution in [0.3, 0.4) is 0 Å². The lowest BCUT2D eigenvalue weighted by molar-refractivity contribution is 0.0684. The second-order valence-corrected chi connectivity index (χ2v) is 6.57. The average Bonchev–Trinajstić information content (AvgIpc) is 3.16. The van der Waals surface area contributed by atoms with Crippen molar-refractivity contribution in [1.29, 1.82) is 0 Å². The van der Waals surface area contributed by atoms with Crippen molar-refractivity contribution in [2.75, 3.05) is 5.32 Å². The van der Waals surface area contributed by atoms with Crippen LogP contribution in [-0.4, -0.2) is 38.9 Å². The SMILES string of the molecule is O=C(NC1CCCC1)c1cc(NC(=O)c2nccnc2C(=O)O)ccc1Cl. The normalized spacial score (nSPS) is 14.0. The van der Waals surface area contributed by atoms with Gasteiger partial charge in [0.15, 0.2) is 11.4 Å². The molecular formula is C18H17ClN4O4. The van der Waals surface area contributed by atoms with Gasteiger partial charge in [-0.25, -0.2) is 14.8 Å². The van der Waals surface area contributed by atoms with Gasteiger partial charge in [0.05, 0.1) is 10.6 Å². The maximum Gasteiger partial charge on any atom is 0.356 e. The molecule has 3 N–H and O–H groups in total. The number of anilines is 1. The third kappa shape index (κ3) is 4.40. The summed E-state index contributed by atoms with van der Waals surface area (Å²) < 4.78 is 0. The van der Waals surface area contributed by atoms with Crippen molar-refractivity contribution < 1.29 is 19.5 Å². The van der Waals surface area contributed by atoms with Crippen LogP contribution in [0.4, 0.5) is 5.69 Å². The molecule has 3 rings (SSSR count). The number of carbonyl (C=O) groups excluding carboxylic acids is 2. The fourth-order valence-corrected chi connectivity index (χ4v) is 3.16. The Morgan fingerprint density at radius 3 is 2.37 bits per heavy atom. The van der Waals surface area contributed by atoms with E-state index in [9.17, 15) is 14.4 Å². The number of nitrogens with zero attached hydrogens (tertiary/aromatic N) is 2. The number of hydrogen-bond donors (Lipinski definition) is 3. The third-order valence-corrected chi connectivity index (χ3v) is 4.60. The first-order chi connectivity index (χ1) is 13.0. The van der Waals surface area contributed by atoms with Crippen molar-refractivity contribution in [3.8, 4) is 0 Å². The molecule has 8 nitrogen and oxygen atoms in total. The average molecular weight is 389 g/mol. The van der Waals surface area contributed by atoms with Crippen molar-refractivity contribution in [3.05, 3.63) is 52.6 Å². The van der Waals surface area contributed by atoms with Crippen LogP contribution in [0.5, 0.6) is 0 Å². The summed E-state index contributed by atoms with van der Waals surface area (Å²) in [7, 11) is 0. The monoisotopic (exact) mass is 388 g/mol. The molecule has 1 heterocycles. The molecule has 140 valence electrons. The van der Waals surface area contributed by atoms with Crippen molar-refractivity contribution in [2.24, 2.45) is 0 Å². The highest BCUT2D eigenvalue weighted by atomic mass is 35.5. The molecule has 27 heavy (non-hydrogen) atoms. The fraction of sp³-hybridized carbons (Fsp3) is 0.278. The van der Waals surface area contributed by atoms with E-state index in [2.05, 4.69) is 20.6 Å². The summed E-state index contributed by atoms with van der Waals surface area (Å²) in [5.41, 5.74) is -0.248. The van der Waals surface area contributed by atoms with Crippen LogP contribution in [0.25, 0.3) is 0 Å². The Labute approximate surface area is 160 Å². The van der Waals surface area contributed by atoms with Gasteiger partial charge >= 0.3 is 5.97 Å². The fourth-order valence-electron chi connectivity index (χ4n) is 2.96. The molecule has 0 saturated heterocycles. The minimum Gasteiger partial charge on any atom is -0.476 e. The minimum atomic E-state index is -1.36. The largest absolute Gasteiger partial charge is 0.476 e. The molecule has 1 aromatic heterocycles. The molecule has 1 aliphatic rings. The Kier molecular flexibility index (Phi) is 5.66. The minimum absolute atomic E-state index is 0.129. The molecule has 0 aliphatic heterocycles. The van der Waals surface area contributed by atoms with Gasteiger partial charge in [-0.15, -0.1) is 0 Å². The highest BCUT2D eigenvalue weighted by Crippen LogP contribution is 2.23. The quantitative estimate of drug-likeness (QED) is 0.724. The summed E-state index contributed by atoms with van der Waals surface area (Å²) in [6, 6.07) is 4.59. The second kappa shape index (κ2) is 8.13. The highest BCUT2D eigenvalue weighted by molar-refractivity contribution is 6.34. The Morgan fingerprint density at radius 2 is 1.70 bits per heavy atom. The molecule has 0 bridgehead atoms. The zero-order chi connectivity index (χ0) is 19.4. The molecule has 0 unspecified atom stereocenters. The molecule has 1 aromatic carbocycles. The van der Waals surface area contributed by atoms with E-state index in [1.54, 1.807) is 0 Å². The van der Waals surface area contributed by atoms with E-state index in [0.717, 1.165) is 25.7 Å². The van der Waals surface area contributed by atoms with E-state index in [1.807, 2.05) is 0 Å². The maximum atomic E-state index is 12.5. The number of amides is 2. The van der Waals surface area contributed by atoms with Gasteiger partial charge in [-0.1, -0.05) is 24.4 Å². The number of carbonyl (C=O) groups is 3. The molecule has 0 spiro atoms. The number of rotatable bonds is 5. The van der Waals surface area contributed by atoms with Gasteiger partial charge in [-0.05, 0) is 31.0 Å². The Bertz CT molecular complexity index is 897. The van der Waals surface area contributed by atoms with E-state index in [-0.39, 0.29) is 28.2 Å². The topological polar surface area (TPSA) is 121 Å². The molecule has 0 atom stereocenters. The van der Waals surface area contributed by atoms with Crippen LogP contribution in [0.1, 0.15) is 57.0 Å². The van der Waals surface area contributed by atoms with Crippen LogP contribution >= 0.6 is 11.6 Å². The maximum absolute atomic E-state index is 12.5. The molecule has 9 heteroatoms. The first-order valence-electron chi connectivity index (χ1n) is 8.42. The van der Waals surface area contributed by atoms with E-state index in [4.69, 9.17) is 16.7 Å². The standard InChI is InChI=1S/C18H17ClN4O4/c19-13-6-5-11(9-12(13)16(24)22-10-3-1-2-4-10)23-17(25)14-15(18(26)27)21-8-7-20-14/h5-10H,1-4H2,(H,22,24)(H,23,25)(H,26,27). The molecule has 1 aliphatic carbocycles. The zero-order valence-electron chi connectivity index (χ0n) is 14.2. The lowest BCUT2D eigenvalue weighted by Gasteiger charge is -2.14.